The molecule has 3 saturated carbocycles. The molecule has 10 heteroatoms. The normalized spacial score (nSPS) is 35.8. The van der Waals surface area contributed by atoms with Crippen LogP contribution in [0.15, 0.2) is 11.1 Å². The van der Waals surface area contributed by atoms with E-state index >= 15 is 0 Å². The third kappa shape index (κ3) is 7.06. The summed E-state index contributed by atoms with van der Waals surface area (Å²) >= 11 is 1.67. The highest BCUT2D eigenvalue weighted by Crippen LogP contribution is 2.71. The van der Waals surface area contributed by atoms with Crippen molar-refractivity contribution in [1.29, 1.82) is 0 Å². The summed E-state index contributed by atoms with van der Waals surface area (Å²) in [6.45, 7) is 21.4. The number of hydrogen-bond acceptors (Lipinski definition) is 8. The number of aliphatic carboxylic acids is 1. The van der Waals surface area contributed by atoms with Crippen LogP contribution in [0.25, 0.3) is 0 Å². The van der Waals surface area contributed by atoms with Gasteiger partial charge < -0.3 is 14.7 Å². The Balaban J connectivity index is 1.44. The Labute approximate surface area is 316 Å². The third-order valence-electron chi connectivity index (χ3n) is 15.0. The van der Waals surface area contributed by atoms with E-state index in [0.717, 1.165) is 75.6 Å². The average molecular weight is 743 g/mol. The SMILES string of the molecule is CSN1CCN(C(=O)C(=O)C23CCC4(C)C(CCC5C(C)CCC(OC(=O)CC(C)(C)C(=O)O)C(C)(C)CCCC54C)C2=C(C(C)C)C(=O)C3)CC1. The van der Waals surface area contributed by atoms with Crippen LogP contribution in [0.5, 0.6) is 0 Å². The molecule has 0 radical (unpaired) electrons. The first-order valence-electron chi connectivity index (χ1n) is 20.0. The Kier molecular flexibility index (Phi) is 11.7. The molecular weight excluding hydrogens is 677 g/mol. The lowest BCUT2D eigenvalue weighted by Gasteiger charge is -2.65. The Hall–Kier alpha value is -2.20. The van der Waals surface area contributed by atoms with Crippen molar-refractivity contribution in [2.24, 2.45) is 50.7 Å². The fourth-order valence-electron chi connectivity index (χ4n) is 11.5. The number of fused-ring (bicyclic) bond motifs is 5. The van der Waals surface area contributed by atoms with Crippen LogP contribution in [0.2, 0.25) is 0 Å². The number of hydrogen-bond donors (Lipinski definition) is 1. The number of Topliss-reactive ketones (excluding diaryl/α,β-unsaturated/α-hetero) is 2. The van der Waals surface area contributed by atoms with E-state index in [1.807, 2.05) is 6.26 Å². The number of esters is 1. The Bertz CT molecular complexity index is 1480. The molecule has 4 aliphatic carbocycles. The van der Waals surface area contributed by atoms with Gasteiger partial charge in [0, 0.05) is 38.0 Å². The highest BCUT2D eigenvalue weighted by atomic mass is 32.2. The van der Waals surface area contributed by atoms with E-state index in [1.54, 1.807) is 30.7 Å². The van der Waals surface area contributed by atoms with Crippen LogP contribution in [0, 0.1) is 50.7 Å². The van der Waals surface area contributed by atoms with Crippen LogP contribution < -0.4 is 0 Å². The number of allylic oxidation sites excluding steroid dienone is 2. The van der Waals surface area contributed by atoms with Gasteiger partial charge in [-0.15, -0.1) is 0 Å². The van der Waals surface area contributed by atoms with Gasteiger partial charge in [0.05, 0.1) is 17.3 Å². The number of piperazine rings is 1. The summed E-state index contributed by atoms with van der Waals surface area (Å²) in [5.41, 5.74) is -0.892. The minimum atomic E-state index is -1.19. The summed E-state index contributed by atoms with van der Waals surface area (Å²) in [7, 11) is 0. The molecule has 1 amide bonds. The number of rotatable bonds is 8. The topological polar surface area (TPSA) is 121 Å². The van der Waals surface area contributed by atoms with Crippen LogP contribution in [0.4, 0.5) is 0 Å². The van der Waals surface area contributed by atoms with Gasteiger partial charge in [0.15, 0.2) is 5.78 Å². The van der Waals surface area contributed by atoms with E-state index in [9.17, 15) is 29.1 Å². The Morgan fingerprint density at radius 3 is 2.17 bits per heavy atom. The molecule has 0 aromatic carbocycles. The first kappa shape index (κ1) is 41.0. The number of amides is 1. The number of carboxylic acid groups (broad SMARTS) is 1. The van der Waals surface area contributed by atoms with Crippen molar-refractivity contribution in [3.8, 4) is 0 Å². The van der Waals surface area contributed by atoms with Gasteiger partial charge in [-0.25, -0.2) is 4.31 Å². The average Bonchev–Trinajstić information content (AvgIpc) is 3.38. The van der Waals surface area contributed by atoms with Gasteiger partial charge in [-0.05, 0) is 117 Å². The molecule has 0 aromatic heterocycles. The van der Waals surface area contributed by atoms with Gasteiger partial charge in [-0.3, -0.25) is 24.0 Å². The summed E-state index contributed by atoms with van der Waals surface area (Å²) < 4.78 is 8.35. The van der Waals surface area contributed by atoms with Crippen molar-refractivity contribution in [2.45, 2.75) is 139 Å². The standard InChI is InChI=1S/C42H66N2O7S/c1-26(2)33-30(45)24-42(35(47)36(48)43-20-22-44(52-10)23-21-43)19-18-41(9)29(34(33)42)14-13-28-27(3)12-15-31(38(4,5)16-11-17-40(28,41)8)51-32(46)25-39(6,7)37(49)50/h26-29,31H,11-25H2,1-10H3,(H,49,50). The first-order valence-corrected chi connectivity index (χ1v) is 21.2. The van der Waals surface area contributed by atoms with E-state index in [-0.39, 0.29) is 58.6 Å². The van der Waals surface area contributed by atoms with Crippen molar-refractivity contribution in [1.82, 2.24) is 9.21 Å². The minimum Gasteiger partial charge on any atom is -0.481 e. The summed E-state index contributed by atoms with van der Waals surface area (Å²) in [4.78, 5) is 69.3. The van der Waals surface area contributed by atoms with Gasteiger partial charge in [0.25, 0.3) is 5.91 Å². The molecule has 52 heavy (non-hydrogen) atoms. The summed E-state index contributed by atoms with van der Waals surface area (Å²) in [5, 5.41) is 9.60. The predicted octanol–water partition coefficient (Wildman–Crippen LogP) is 7.76. The summed E-state index contributed by atoms with van der Waals surface area (Å²) in [6, 6.07) is 0. The zero-order valence-electron chi connectivity index (χ0n) is 33.7. The van der Waals surface area contributed by atoms with E-state index in [4.69, 9.17) is 4.74 Å². The molecule has 1 N–H and O–H groups in total. The maximum Gasteiger partial charge on any atom is 0.309 e. The van der Waals surface area contributed by atoms with E-state index in [1.165, 1.54) is 0 Å². The van der Waals surface area contributed by atoms with Crippen LogP contribution in [0.3, 0.4) is 0 Å². The molecule has 1 heterocycles. The van der Waals surface area contributed by atoms with Gasteiger partial charge in [0.1, 0.15) is 6.10 Å². The van der Waals surface area contributed by atoms with E-state index in [0.29, 0.717) is 31.3 Å². The predicted molar refractivity (Wildman–Crippen MR) is 204 cm³/mol. The Morgan fingerprint density at radius 2 is 1.58 bits per heavy atom. The molecule has 5 aliphatic rings. The lowest BCUT2D eigenvalue weighted by atomic mass is 9.39. The molecule has 4 fully saturated rings. The Morgan fingerprint density at radius 1 is 0.923 bits per heavy atom. The fourth-order valence-corrected chi connectivity index (χ4v) is 12.0. The molecule has 7 unspecified atom stereocenters. The molecule has 1 aliphatic heterocycles. The molecule has 0 aromatic rings. The molecule has 0 bridgehead atoms. The molecular formula is C42H66N2O7S. The molecule has 292 valence electrons. The monoisotopic (exact) mass is 742 g/mol. The van der Waals surface area contributed by atoms with Crippen molar-refractivity contribution in [2.75, 3.05) is 32.4 Å². The maximum atomic E-state index is 14.7. The number of nitrogens with zero attached hydrogens (tertiary/aromatic N) is 2. The maximum absolute atomic E-state index is 14.7. The lowest BCUT2D eigenvalue weighted by molar-refractivity contribution is -0.166. The molecule has 9 nitrogen and oxygen atoms in total. The second-order valence-corrected chi connectivity index (χ2v) is 20.1. The second kappa shape index (κ2) is 14.8. The third-order valence-corrected chi connectivity index (χ3v) is 15.9. The van der Waals surface area contributed by atoms with Crippen LogP contribution >= 0.6 is 11.9 Å². The number of carboxylic acids is 1. The van der Waals surface area contributed by atoms with Crippen LogP contribution in [0.1, 0.15) is 133 Å². The van der Waals surface area contributed by atoms with Crippen molar-refractivity contribution in [3.05, 3.63) is 11.1 Å². The minimum absolute atomic E-state index is 0.0187. The van der Waals surface area contributed by atoms with Crippen LogP contribution in [-0.4, -0.2) is 82.3 Å². The summed E-state index contributed by atoms with van der Waals surface area (Å²) in [6.07, 6.45) is 9.35. The van der Waals surface area contributed by atoms with Crippen molar-refractivity contribution < 1.29 is 33.8 Å². The number of ketones is 2. The molecule has 7 atom stereocenters. The first-order chi connectivity index (χ1) is 24.1. The quantitative estimate of drug-likeness (QED) is 0.151. The second-order valence-electron chi connectivity index (χ2n) is 19.2. The van der Waals surface area contributed by atoms with Gasteiger partial charge >= 0.3 is 11.9 Å². The smallest absolute Gasteiger partial charge is 0.309 e. The van der Waals surface area contributed by atoms with Crippen molar-refractivity contribution in [3.63, 3.8) is 0 Å². The lowest BCUT2D eigenvalue weighted by Crippen LogP contribution is -2.60. The van der Waals surface area contributed by atoms with E-state index in [2.05, 4.69) is 52.8 Å². The van der Waals surface area contributed by atoms with Gasteiger partial charge in [-0.1, -0.05) is 66.8 Å². The van der Waals surface area contributed by atoms with Gasteiger partial charge in [-0.2, -0.15) is 0 Å². The van der Waals surface area contributed by atoms with Crippen LogP contribution in [-0.2, 0) is 28.7 Å². The zero-order chi connectivity index (χ0) is 38.6. The van der Waals surface area contributed by atoms with E-state index < -0.39 is 28.7 Å². The van der Waals surface area contributed by atoms with Crippen molar-refractivity contribution >= 4 is 41.4 Å². The number of ether oxygens (including phenoxy) is 1. The number of carbonyl (C=O) groups is 5. The molecule has 5 rings (SSSR count). The molecule has 0 spiro atoms. The highest BCUT2D eigenvalue weighted by Gasteiger charge is 2.67. The zero-order valence-corrected chi connectivity index (χ0v) is 34.5. The summed E-state index contributed by atoms with van der Waals surface area (Å²) in [5.74, 6) is -1.35. The highest BCUT2D eigenvalue weighted by molar-refractivity contribution is 7.96. The largest absolute Gasteiger partial charge is 0.481 e. The fraction of sp³-hybridized carbons (Fsp3) is 0.833. The number of carbonyl (C=O) groups excluding carboxylic acids is 4. The van der Waals surface area contributed by atoms with Gasteiger partial charge in [0.2, 0.25) is 5.78 Å². The molecule has 1 saturated heterocycles.